The Morgan fingerprint density at radius 3 is 2.73 bits per heavy atom. The summed E-state index contributed by atoms with van der Waals surface area (Å²) in [6, 6.07) is 8.72. The summed E-state index contributed by atoms with van der Waals surface area (Å²) in [6.07, 6.45) is 3.01. The van der Waals surface area contributed by atoms with Gasteiger partial charge in [-0.15, -0.1) is 0 Å². The first-order valence-electron chi connectivity index (χ1n) is 5.40. The molecule has 1 aliphatic rings. The molecule has 2 rings (SSSR count). The van der Waals surface area contributed by atoms with Gasteiger partial charge < -0.3 is 10.2 Å². The predicted molar refractivity (Wildman–Crippen MR) is 64.8 cm³/mol. The highest BCUT2D eigenvalue weighted by atomic mass is 15.2. The molecule has 0 fully saturated rings. The van der Waals surface area contributed by atoms with Crippen LogP contribution < -0.4 is 10.2 Å². The van der Waals surface area contributed by atoms with E-state index in [1.165, 1.54) is 11.3 Å². The number of anilines is 1. The quantitative estimate of drug-likeness (QED) is 0.798. The van der Waals surface area contributed by atoms with Gasteiger partial charge in [0.25, 0.3) is 0 Å². The summed E-state index contributed by atoms with van der Waals surface area (Å²) in [5.74, 6) is 0. The molecule has 1 N–H and O–H groups in total. The summed E-state index contributed by atoms with van der Waals surface area (Å²) in [4.78, 5) is 6.39. The van der Waals surface area contributed by atoms with Gasteiger partial charge >= 0.3 is 0 Å². The van der Waals surface area contributed by atoms with Crippen molar-refractivity contribution in [2.75, 3.05) is 31.6 Å². The Bertz CT molecular complexity index is 329. The Morgan fingerprint density at radius 1 is 1.33 bits per heavy atom. The van der Waals surface area contributed by atoms with Crippen LogP contribution in [0.5, 0.6) is 0 Å². The van der Waals surface area contributed by atoms with Crippen LogP contribution in [0.25, 0.3) is 0 Å². The molecule has 0 aliphatic carbocycles. The maximum Gasteiger partial charge on any atom is 0.0895 e. The molecule has 0 bridgehead atoms. The van der Waals surface area contributed by atoms with Crippen LogP contribution in [-0.4, -0.2) is 33.0 Å². The average molecular weight is 203 g/mol. The number of likely N-dealkylation sites (N-methyl/N-ethyl adjacent to an activating group) is 1. The zero-order chi connectivity index (χ0) is 10.5. The number of rotatable bonds is 4. The molecule has 1 aromatic rings. The molecule has 0 amide bonds. The van der Waals surface area contributed by atoms with Crippen molar-refractivity contribution in [3.05, 3.63) is 29.8 Å². The second kappa shape index (κ2) is 4.94. The van der Waals surface area contributed by atoms with Crippen LogP contribution in [0.2, 0.25) is 0 Å². The lowest BCUT2D eigenvalue weighted by molar-refractivity contribution is 0.792. The number of nitrogens with one attached hydrogen (secondary N) is 1. The van der Waals surface area contributed by atoms with Gasteiger partial charge in [-0.05, 0) is 37.7 Å². The van der Waals surface area contributed by atoms with Crippen LogP contribution in [-0.2, 0) is 6.42 Å². The van der Waals surface area contributed by atoms with E-state index in [0.717, 1.165) is 26.1 Å². The van der Waals surface area contributed by atoms with Gasteiger partial charge in [0.1, 0.15) is 0 Å². The zero-order valence-corrected chi connectivity index (χ0v) is 9.11. The van der Waals surface area contributed by atoms with E-state index < -0.39 is 0 Å². The molecule has 3 heteroatoms. The minimum absolute atomic E-state index is 0.918. The van der Waals surface area contributed by atoms with E-state index in [9.17, 15) is 0 Å². The van der Waals surface area contributed by atoms with Gasteiger partial charge in [-0.3, -0.25) is 4.99 Å². The number of benzene rings is 1. The monoisotopic (exact) mass is 203 g/mol. The second-order valence-electron chi connectivity index (χ2n) is 3.74. The largest absolute Gasteiger partial charge is 0.331 e. The molecule has 0 saturated carbocycles. The van der Waals surface area contributed by atoms with E-state index in [2.05, 4.69) is 39.5 Å². The highest BCUT2D eigenvalue weighted by Crippen LogP contribution is 2.15. The third-order valence-corrected chi connectivity index (χ3v) is 2.62. The summed E-state index contributed by atoms with van der Waals surface area (Å²) in [5, 5.41) is 3.15. The fourth-order valence-corrected chi connectivity index (χ4v) is 1.70. The molecular formula is C12H17N3. The molecule has 15 heavy (non-hydrogen) atoms. The Morgan fingerprint density at radius 2 is 2.13 bits per heavy atom. The summed E-state index contributed by atoms with van der Waals surface area (Å²) >= 11 is 0. The molecular weight excluding hydrogens is 186 g/mol. The van der Waals surface area contributed by atoms with Gasteiger partial charge in [-0.2, -0.15) is 0 Å². The van der Waals surface area contributed by atoms with E-state index in [4.69, 9.17) is 0 Å². The van der Waals surface area contributed by atoms with Crippen LogP contribution in [0, 0.1) is 0 Å². The summed E-state index contributed by atoms with van der Waals surface area (Å²) < 4.78 is 0. The van der Waals surface area contributed by atoms with Gasteiger partial charge in [0.2, 0.25) is 0 Å². The van der Waals surface area contributed by atoms with Gasteiger partial charge in [-0.1, -0.05) is 12.1 Å². The van der Waals surface area contributed by atoms with Crippen molar-refractivity contribution in [1.29, 1.82) is 0 Å². The molecule has 0 spiro atoms. The predicted octanol–water partition coefficient (Wildman–Crippen LogP) is 1.30. The molecule has 0 unspecified atom stereocenters. The van der Waals surface area contributed by atoms with Crippen LogP contribution in [0.1, 0.15) is 5.56 Å². The van der Waals surface area contributed by atoms with E-state index in [1.807, 2.05) is 13.4 Å². The zero-order valence-electron chi connectivity index (χ0n) is 9.11. The van der Waals surface area contributed by atoms with Gasteiger partial charge in [0.05, 0.1) is 12.9 Å². The van der Waals surface area contributed by atoms with Crippen molar-refractivity contribution >= 4 is 12.0 Å². The lowest BCUT2D eigenvalue weighted by atomic mass is 10.1. The normalized spacial score (nSPS) is 14.9. The number of hydrogen-bond acceptors (Lipinski definition) is 3. The van der Waals surface area contributed by atoms with Crippen molar-refractivity contribution in [1.82, 2.24) is 5.32 Å². The van der Waals surface area contributed by atoms with Crippen LogP contribution >= 0.6 is 0 Å². The lowest BCUT2D eigenvalue weighted by Gasteiger charge is -2.14. The van der Waals surface area contributed by atoms with Crippen LogP contribution in [0.15, 0.2) is 29.3 Å². The highest BCUT2D eigenvalue weighted by molar-refractivity contribution is 5.80. The van der Waals surface area contributed by atoms with Gasteiger partial charge in [0, 0.05) is 12.2 Å². The fourth-order valence-electron chi connectivity index (χ4n) is 1.70. The van der Waals surface area contributed by atoms with Gasteiger partial charge in [0.15, 0.2) is 0 Å². The van der Waals surface area contributed by atoms with E-state index in [1.54, 1.807) is 0 Å². The third-order valence-electron chi connectivity index (χ3n) is 2.62. The maximum absolute atomic E-state index is 4.20. The summed E-state index contributed by atoms with van der Waals surface area (Å²) in [5.41, 5.74) is 2.62. The first-order valence-corrected chi connectivity index (χ1v) is 5.40. The first kappa shape index (κ1) is 10.2. The minimum atomic E-state index is 0.918. The fraction of sp³-hybridized carbons (Fsp3) is 0.417. The Balaban J connectivity index is 2.00. The van der Waals surface area contributed by atoms with Crippen molar-refractivity contribution in [3.8, 4) is 0 Å². The first-order chi connectivity index (χ1) is 7.40. The highest BCUT2D eigenvalue weighted by Gasteiger charge is 2.06. The molecule has 1 aliphatic heterocycles. The number of aliphatic imine (C=N–C) groups is 1. The van der Waals surface area contributed by atoms with Crippen molar-refractivity contribution < 1.29 is 0 Å². The lowest BCUT2D eigenvalue weighted by Crippen LogP contribution is -2.18. The second-order valence-corrected chi connectivity index (χ2v) is 3.74. The molecule has 80 valence electrons. The standard InChI is InChI=1S/C12H17N3/c1-13-7-6-11-2-4-12(5-3-11)15-9-8-14-10-15/h2-5,10,13H,6-9H2,1H3. The molecule has 3 nitrogen and oxygen atoms in total. The molecule has 0 saturated heterocycles. The SMILES string of the molecule is CNCCc1ccc(N2C=NCC2)cc1. The van der Waals surface area contributed by atoms with Crippen LogP contribution in [0.4, 0.5) is 5.69 Å². The van der Waals surface area contributed by atoms with E-state index >= 15 is 0 Å². The summed E-state index contributed by atoms with van der Waals surface area (Å²) in [6.45, 7) is 2.96. The van der Waals surface area contributed by atoms with E-state index in [0.29, 0.717) is 0 Å². The number of hydrogen-bond donors (Lipinski definition) is 1. The maximum atomic E-state index is 4.20. The smallest absolute Gasteiger partial charge is 0.0895 e. The molecule has 1 heterocycles. The van der Waals surface area contributed by atoms with Crippen molar-refractivity contribution in [2.24, 2.45) is 4.99 Å². The molecule has 1 aromatic carbocycles. The average Bonchev–Trinajstić information content (AvgIpc) is 2.80. The van der Waals surface area contributed by atoms with Crippen LogP contribution in [0.3, 0.4) is 0 Å². The molecule has 0 aromatic heterocycles. The molecule has 0 radical (unpaired) electrons. The molecule has 0 atom stereocenters. The topological polar surface area (TPSA) is 27.6 Å². The third kappa shape index (κ3) is 2.57. The number of nitrogens with zero attached hydrogens (tertiary/aromatic N) is 2. The Kier molecular flexibility index (Phi) is 3.35. The van der Waals surface area contributed by atoms with Gasteiger partial charge in [-0.25, -0.2) is 0 Å². The van der Waals surface area contributed by atoms with Crippen molar-refractivity contribution in [2.45, 2.75) is 6.42 Å². The Labute approximate surface area is 90.8 Å². The Hall–Kier alpha value is -1.35. The summed E-state index contributed by atoms with van der Waals surface area (Å²) in [7, 11) is 1.98. The van der Waals surface area contributed by atoms with Crippen molar-refractivity contribution in [3.63, 3.8) is 0 Å². The minimum Gasteiger partial charge on any atom is -0.331 e. The van der Waals surface area contributed by atoms with E-state index in [-0.39, 0.29) is 0 Å².